The number of benzene rings is 1. The number of pyridine rings is 1. The van der Waals surface area contributed by atoms with E-state index in [0.717, 1.165) is 12.0 Å². The lowest BCUT2D eigenvalue weighted by Crippen LogP contribution is -2.31. The van der Waals surface area contributed by atoms with Crippen LogP contribution in [0.3, 0.4) is 0 Å². The summed E-state index contributed by atoms with van der Waals surface area (Å²) >= 11 is 0. The van der Waals surface area contributed by atoms with Crippen LogP contribution in [-0.4, -0.2) is 46.7 Å². The number of likely N-dealkylation sites (tertiary alicyclic amines) is 1. The summed E-state index contributed by atoms with van der Waals surface area (Å²) in [6, 6.07) is 13.5. The van der Waals surface area contributed by atoms with Crippen molar-refractivity contribution in [3.8, 4) is 0 Å². The van der Waals surface area contributed by atoms with Crippen LogP contribution in [0.5, 0.6) is 0 Å². The minimum atomic E-state index is 0.000638. The first-order valence-corrected chi connectivity index (χ1v) is 8.60. The van der Waals surface area contributed by atoms with Gasteiger partial charge in [-0.2, -0.15) is 0 Å². The molecule has 25 heavy (non-hydrogen) atoms. The summed E-state index contributed by atoms with van der Waals surface area (Å²) in [5.74, 6) is 0.358. The van der Waals surface area contributed by atoms with Gasteiger partial charge in [-0.05, 0) is 30.0 Å². The molecule has 130 valence electrons. The highest BCUT2D eigenvalue weighted by Gasteiger charge is 2.29. The van der Waals surface area contributed by atoms with Crippen LogP contribution in [0.4, 0.5) is 0 Å². The largest absolute Gasteiger partial charge is 0.341 e. The van der Waals surface area contributed by atoms with E-state index in [2.05, 4.69) is 4.98 Å². The Morgan fingerprint density at radius 3 is 2.72 bits per heavy atom. The van der Waals surface area contributed by atoms with Crippen molar-refractivity contribution in [2.24, 2.45) is 5.92 Å². The van der Waals surface area contributed by atoms with Crippen LogP contribution in [0, 0.1) is 5.92 Å². The fraction of sp³-hybridized carbons (Fsp3) is 0.350. The molecule has 1 atom stereocenters. The van der Waals surface area contributed by atoms with Crippen LogP contribution in [0.1, 0.15) is 28.8 Å². The Kier molecular flexibility index (Phi) is 5.43. The van der Waals surface area contributed by atoms with Crippen molar-refractivity contribution >= 4 is 11.8 Å². The van der Waals surface area contributed by atoms with Gasteiger partial charge in [0.05, 0.1) is 5.56 Å². The summed E-state index contributed by atoms with van der Waals surface area (Å²) in [5.41, 5.74) is 1.73. The summed E-state index contributed by atoms with van der Waals surface area (Å²) in [4.78, 5) is 32.5. The van der Waals surface area contributed by atoms with Gasteiger partial charge in [0.15, 0.2) is 0 Å². The standard InChI is InChI=1S/C20H23N3O2/c1-22(14-16-6-3-2-4-7-16)19(24)12-17-9-11-23(15-17)20(25)18-8-5-10-21-13-18/h2-8,10,13,17H,9,11-12,14-15H2,1H3. The average Bonchev–Trinajstić information content (AvgIpc) is 3.11. The van der Waals surface area contributed by atoms with Crippen LogP contribution >= 0.6 is 0 Å². The fourth-order valence-electron chi connectivity index (χ4n) is 3.20. The summed E-state index contributed by atoms with van der Waals surface area (Å²) in [6.45, 7) is 1.96. The second kappa shape index (κ2) is 7.92. The van der Waals surface area contributed by atoms with E-state index < -0.39 is 0 Å². The van der Waals surface area contributed by atoms with Crippen LogP contribution in [0.2, 0.25) is 0 Å². The molecule has 1 saturated heterocycles. The van der Waals surface area contributed by atoms with E-state index >= 15 is 0 Å². The van der Waals surface area contributed by atoms with Gasteiger partial charge in [0, 0.05) is 45.5 Å². The van der Waals surface area contributed by atoms with Gasteiger partial charge in [0.2, 0.25) is 5.91 Å². The molecular formula is C20H23N3O2. The molecule has 0 bridgehead atoms. The highest BCUT2D eigenvalue weighted by molar-refractivity contribution is 5.94. The molecule has 2 aromatic rings. The monoisotopic (exact) mass is 337 g/mol. The zero-order valence-electron chi connectivity index (χ0n) is 14.5. The maximum atomic E-state index is 12.5. The number of rotatable bonds is 5. The predicted octanol–water partition coefficient (Wildman–Crippen LogP) is 2.59. The van der Waals surface area contributed by atoms with Crippen molar-refractivity contribution < 1.29 is 9.59 Å². The molecule has 3 rings (SSSR count). The van der Waals surface area contributed by atoms with E-state index in [9.17, 15) is 9.59 Å². The van der Waals surface area contributed by atoms with Gasteiger partial charge >= 0.3 is 0 Å². The first-order valence-electron chi connectivity index (χ1n) is 8.60. The summed E-state index contributed by atoms with van der Waals surface area (Å²) in [5, 5.41) is 0. The van der Waals surface area contributed by atoms with E-state index in [-0.39, 0.29) is 17.7 Å². The Bertz CT molecular complexity index is 718. The van der Waals surface area contributed by atoms with Crippen molar-refractivity contribution in [3.05, 3.63) is 66.0 Å². The SMILES string of the molecule is CN(Cc1ccccc1)C(=O)CC1CCN(C(=O)c2cccnc2)C1. The molecule has 0 saturated carbocycles. The lowest BCUT2D eigenvalue weighted by molar-refractivity contribution is -0.131. The lowest BCUT2D eigenvalue weighted by Gasteiger charge is -2.20. The van der Waals surface area contributed by atoms with Gasteiger partial charge in [0.1, 0.15) is 0 Å². The minimum Gasteiger partial charge on any atom is -0.341 e. The highest BCUT2D eigenvalue weighted by Crippen LogP contribution is 2.22. The first-order chi connectivity index (χ1) is 12.1. The van der Waals surface area contributed by atoms with Gasteiger partial charge in [-0.3, -0.25) is 14.6 Å². The topological polar surface area (TPSA) is 53.5 Å². The van der Waals surface area contributed by atoms with Gasteiger partial charge in [0.25, 0.3) is 5.91 Å². The van der Waals surface area contributed by atoms with Crippen LogP contribution in [0.15, 0.2) is 54.9 Å². The second-order valence-corrected chi connectivity index (χ2v) is 6.59. The van der Waals surface area contributed by atoms with Crippen molar-refractivity contribution in [2.45, 2.75) is 19.4 Å². The maximum absolute atomic E-state index is 12.5. The van der Waals surface area contributed by atoms with E-state index in [4.69, 9.17) is 0 Å². The maximum Gasteiger partial charge on any atom is 0.255 e. The molecule has 5 heteroatoms. The van der Waals surface area contributed by atoms with E-state index in [1.54, 1.807) is 29.4 Å². The summed E-state index contributed by atoms with van der Waals surface area (Å²) < 4.78 is 0. The van der Waals surface area contributed by atoms with Crippen LogP contribution in [-0.2, 0) is 11.3 Å². The molecule has 1 unspecified atom stereocenters. The molecule has 1 fully saturated rings. The Morgan fingerprint density at radius 2 is 2.00 bits per heavy atom. The second-order valence-electron chi connectivity index (χ2n) is 6.59. The van der Waals surface area contributed by atoms with Gasteiger partial charge in [-0.1, -0.05) is 30.3 Å². The molecule has 2 heterocycles. The molecule has 1 aromatic heterocycles. The van der Waals surface area contributed by atoms with Crippen molar-refractivity contribution in [2.75, 3.05) is 20.1 Å². The molecule has 1 aliphatic rings. The van der Waals surface area contributed by atoms with Gasteiger partial charge < -0.3 is 9.80 Å². The molecule has 1 aromatic carbocycles. The molecule has 5 nitrogen and oxygen atoms in total. The first kappa shape index (κ1) is 17.1. The number of carbonyl (C=O) groups is 2. The zero-order chi connectivity index (χ0) is 17.6. The predicted molar refractivity (Wildman–Crippen MR) is 95.8 cm³/mol. The summed E-state index contributed by atoms with van der Waals surface area (Å²) in [7, 11) is 1.84. The molecule has 0 radical (unpaired) electrons. The highest BCUT2D eigenvalue weighted by atomic mass is 16.2. The molecule has 1 aliphatic heterocycles. The average molecular weight is 337 g/mol. The smallest absolute Gasteiger partial charge is 0.255 e. The van der Waals surface area contributed by atoms with E-state index in [0.29, 0.717) is 31.6 Å². The molecular weight excluding hydrogens is 314 g/mol. The van der Waals surface area contributed by atoms with Crippen molar-refractivity contribution in [1.29, 1.82) is 0 Å². The van der Waals surface area contributed by atoms with Crippen molar-refractivity contribution in [3.63, 3.8) is 0 Å². The van der Waals surface area contributed by atoms with Crippen LogP contribution in [0.25, 0.3) is 0 Å². The van der Waals surface area contributed by atoms with Gasteiger partial charge in [-0.25, -0.2) is 0 Å². The summed E-state index contributed by atoms with van der Waals surface area (Å²) in [6.07, 6.45) is 4.61. The third kappa shape index (κ3) is 4.44. The molecule has 2 amide bonds. The van der Waals surface area contributed by atoms with E-state index in [1.165, 1.54) is 0 Å². The Balaban J connectivity index is 1.51. The van der Waals surface area contributed by atoms with Gasteiger partial charge in [-0.15, -0.1) is 0 Å². The minimum absolute atomic E-state index is 0.000638. The lowest BCUT2D eigenvalue weighted by atomic mass is 10.0. The number of carbonyl (C=O) groups excluding carboxylic acids is 2. The quantitative estimate of drug-likeness (QED) is 0.843. The number of hydrogen-bond donors (Lipinski definition) is 0. The fourth-order valence-corrected chi connectivity index (χ4v) is 3.20. The third-order valence-electron chi connectivity index (χ3n) is 4.63. The third-order valence-corrected chi connectivity index (χ3v) is 4.63. The Hall–Kier alpha value is -2.69. The molecule has 0 spiro atoms. The Labute approximate surface area is 148 Å². The number of hydrogen-bond acceptors (Lipinski definition) is 3. The van der Waals surface area contributed by atoms with Crippen molar-refractivity contribution in [1.82, 2.24) is 14.8 Å². The molecule has 0 N–H and O–H groups in total. The number of nitrogens with zero attached hydrogens (tertiary/aromatic N) is 3. The van der Waals surface area contributed by atoms with Crippen LogP contribution < -0.4 is 0 Å². The van der Waals surface area contributed by atoms with E-state index in [1.807, 2.05) is 42.3 Å². The number of aromatic nitrogens is 1. The normalized spacial score (nSPS) is 16.7. The number of amides is 2. The Morgan fingerprint density at radius 1 is 1.20 bits per heavy atom. The zero-order valence-corrected chi connectivity index (χ0v) is 14.5. The molecule has 0 aliphatic carbocycles.